The van der Waals surface area contributed by atoms with Gasteiger partial charge in [-0.2, -0.15) is 0 Å². The Morgan fingerprint density at radius 1 is 1.19 bits per heavy atom. The summed E-state index contributed by atoms with van der Waals surface area (Å²) in [7, 11) is 0. The van der Waals surface area contributed by atoms with E-state index in [-0.39, 0.29) is 5.97 Å². The number of aliphatic carboxylic acids is 1. The van der Waals surface area contributed by atoms with E-state index < -0.39 is 17.8 Å². The Balaban J connectivity index is 2.29. The number of allylic oxidation sites excluding steroid dienone is 2. The van der Waals surface area contributed by atoms with Crippen LogP contribution in [0.3, 0.4) is 0 Å². The second kappa shape index (κ2) is 9.59. The van der Waals surface area contributed by atoms with Crippen molar-refractivity contribution in [2.24, 2.45) is 11.8 Å². The monoisotopic (exact) mass is 296 g/mol. The number of hydrogen-bond donors (Lipinski definition) is 1. The standard InChI is InChI=1S/C17H28O4/c1-3-4-5-6-7-8-11-21-17(20)14-10-9-13(2)12-15(14)16(18)19/h9,14-15H,3-8,10-12H2,1-2H3,(H,18,19). The Kier molecular flexibility index (Phi) is 8.09. The molecule has 0 saturated heterocycles. The second-order valence-corrected chi connectivity index (χ2v) is 5.98. The van der Waals surface area contributed by atoms with Crippen LogP contribution < -0.4 is 0 Å². The highest BCUT2D eigenvalue weighted by Gasteiger charge is 2.36. The normalized spacial score (nSPS) is 21.7. The van der Waals surface area contributed by atoms with Gasteiger partial charge in [-0.05, 0) is 26.2 Å². The highest BCUT2D eigenvalue weighted by Crippen LogP contribution is 2.30. The zero-order chi connectivity index (χ0) is 15.7. The predicted octanol–water partition coefficient (Wildman–Crippen LogP) is 3.95. The van der Waals surface area contributed by atoms with E-state index in [1.165, 1.54) is 25.7 Å². The van der Waals surface area contributed by atoms with Crippen molar-refractivity contribution in [2.45, 2.75) is 65.2 Å². The van der Waals surface area contributed by atoms with Crippen LogP contribution in [0, 0.1) is 11.8 Å². The lowest BCUT2D eigenvalue weighted by atomic mass is 9.80. The summed E-state index contributed by atoms with van der Waals surface area (Å²) in [5.74, 6) is -2.40. The maximum absolute atomic E-state index is 12.0. The average Bonchev–Trinajstić information content (AvgIpc) is 2.46. The van der Waals surface area contributed by atoms with Crippen LogP contribution in [0.25, 0.3) is 0 Å². The lowest BCUT2D eigenvalue weighted by molar-refractivity contribution is -0.158. The zero-order valence-electron chi connectivity index (χ0n) is 13.3. The summed E-state index contributed by atoms with van der Waals surface area (Å²) >= 11 is 0. The fraction of sp³-hybridized carbons (Fsp3) is 0.765. The maximum atomic E-state index is 12.0. The van der Waals surface area contributed by atoms with Crippen molar-refractivity contribution in [3.05, 3.63) is 11.6 Å². The summed E-state index contributed by atoms with van der Waals surface area (Å²) in [6, 6.07) is 0. The fourth-order valence-corrected chi connectivity index (χ4v) is 2.75. The molecular weight excluding hydrogens is 268 g/mol. The molecule has 0 radical (unpaired) electrons. The first-order valence-electron chi connectivity index (χ1n) is 8.11. The first-order chi connectivity index (χ1) is 10.1. The lowest BCUT2D eigenvalue weighted by Gasteiger charge is -2.25. The molecule has 0 heterocycles. The first kappa shape index (κ1) is 17.7. The van der Waals surface area contributed by atoms with E-state index in [9.17, 15) is 14.7 Å². The SMILES string of the molecule is CCCCCCCCOC(=O)C1CC=C(C)CC1C(=O)O. The molecule has 4 nitrogen and oxygen atoms in total. The third-order valence-corrected chi connectivity index (χ3v) is 4.11. The summed E-state index contributed by atoms with van der Waals surface area (Å²) in [5, 5.41) is 9.23. The molecule has 0 spiro atoms. The Hall–Kier alpha value is -1.32. The van der Waals surface area contributed by atoms with Crippen molar-refractivity contribution in [1.29, 1.82) is 0 Å². The van der Waals surface area contributed by atoms with Gasteiger partial charge in [0.2, 0.25) is 0 Å². The molecule has 0 aromatic rings. The topological polar surface area (TPSA) is 63.6 Å². The maximum Gasteiger partial charge on any atom is 0.310 e. The minimum absolute atomic E-state index is 0.347. The molecule has 21 heavy (non-hydrogen) atoms. The molecule has 1 rings (SSSR count). The Bertz CT molecular complexity index is 373. The molecule has 0 amide bonds. The number of rotatable bonds is 9. The van der Waals surface area contributed by atoms with Gasteiger partial charge in [-0.15, -0.1) is 0 Å². The molecule has 0 aliphatic heterocycles. The second-order valence-electron chi connectivity index (χ2n) is 5.98. The fourth-order valence-electron chi connectivity index (χ4n) is 2.75. The lowest BCUT2D eigenvalue weighted by Crippen LogP contribution is -2.33. The van der Waals surface area contributed by atoms with Crippen molar-refractivity contribution in [2.75, 3.05) is 6.61 Å². The van der Waals surface area contributed by atoms with E-state index >= 15 is 0 Å². The van der Waals surface area contributed by atoms with Gasteiger partial charge < -0.3 is 9.84 Å². The van der Waals surface area contributed by atoms with Gasteiger partial charge in [-0.3, -0.25) is 9.59 Å². The van der Waals surface area contributed by atoms with Crippen LogP contribution in [0.5, 0.6) is 0 Å². The van der Waals surface area contributed by atoms with Crippen LogP contribution in [-0.4, -0.2) is 23.7 Å². The molecule has 0 fully saturated rings. The third kappa shape index (κ3) is 6.32. The number of carbonyl (C=O) groups is 2. The number of hydrogen-bond acceptors (Lipinski definition) is 3. The summed E-state index contributed by atoms with van der Waals surface area (Å²) in [4.78, 5) is 23.3. The van der Waals surface area contributed by atoms with Crippen LogP contribution >= 0.6 is 0 Å². The molecule has 0 bridgehead atoms. The van der Waals surface area contributed by atoms with Gasteiger partial charge in [-0.25, -0.2) is 0 Å². The van der Waals surface area contributed by atoms with Crippen LogP contribution in [0.15, 0.2) is 11.6 Å². The molecule has 0 saturated carbocycles. The van der Waals surface area contributed by atoms with E-state index in [1.807, 2.05) is 13.0 Å². The van der Waals surface area contributed by atoms with Gasteiger partial charge in [0, 0.05) is 0 Å². The highest BCUT2D eigenvalue weighted by molar-refractivity contribution is 5.82. The molecule has 0 aromatic carbocycles. The van der Waals surface area contributed by atoms with E-state index in [0.29, 0.717) is 19.4 Å². The van der Waals surface area contributed by atoms with Gasteiger partial charge in [-0.1, -0.05) is 50.7 Å². The first-order valence-corrected chi connectivity index (χ1v) is 8.11. The minimum Gasteiger partial charge on any atom is -0.481 e. The van der Waals surface area contributed by atoms with Crippen molar-refractivity contribution in [3.63, 3.8) is 0 Å². The van der Waals surface area contributed by atoms with E-state index in [1.54, 1.807) is 0 Å². The number of carboxylic acid groups (broad SMARTS) is 1. The van der Waals surface area contributed by atoms with Gasteiger partial charge in [0.15, 0.2) is 0 Å². The average molecular weight is 296 g/mol. The zero-order valence-corrected chi connectivity index (χ0v) is 13.3. The molecule has 1 aliphatic carbocycles. The van der Waals surface area contributed by atoms with Crippen LogP contribution in [0.4, 0.5) is 0 Å². The number of carboxylic acids is 1. The largest absolute Gasteiger partial charge is 0.481 e. The summed E-state index contributed by atoms with van der Waals surface area (Å²) in [6.45, 7) is 4.51. The number of ether oxygens (including phenoxy) is 1. The highest BCUT2D eigenvalue weighted by atomic mass is 16.5. The summed E-state index contributed by atoms with van der Waals surface area (Å²) in [5.41, 5.74) is 1.04. The van der Waals surface area contributed by atoms with E-state index in [4.69, 9.17) is 4.74 Å². The van der Waals surface area contributed by atoms with Crippen molar-refractivity contribution < 1.29 is 19.4 Å². The molecular formula is C17H28O4. The number of unbranched alkanes of at least 4 members (excludes halogenated alkanes) is 5. The Labute approximate surface area is 127 Å². The molecule has 2 unspecified atom stereocenters. The van der Waals surface area contributed by atoms with Gasteiger partial charge in [0.05, 0.1) is 18.4 Å². The van der Waals surface area contributed by atoms with Gasteiger partial charge in [0.25, 0.3) is 0 Å². The predicted molar refractivity (Wildman–Crippen MR) is 81.9 cm³/mol. The molecule has 4 heteroatoms. The smallest absolute Gasteiger partial charge is 0.310 e. The quantitative estimate of drug-likeness (QED) is 0.397. The van der Waals surface area contributed by atoms with Crippen LogP contribution in [0.1, 0.15) is 65.2 Å². The van der Waals surface area contributed by atoms with E-state index in [2.05, 4.69) is 6.92 Å². The van der Waals surface area contributed by atoms with Crippen LogP contribution in [0.2, 0.25) is 0 Å². The minimum atomic E-state index is -0.899. The molecule has 1 N–H and O–H groups in total. The van der Waals surface area contributed by atoms with Crippen molar-refractivity contribution in [1.82, 2.24) is 0 Å². The Morgan fingerprint density at radius 3 is 2.52 bits per heavy atom. The van der Waals surface area contributed by atoms with Gasteiger partial charge >= 0.3 is 11.9 Å². The summed E-state index contributed by atoms with van der Waals surface area (Å²) in [6.07, 6.45) is 9.72. The van der Waals surface area contributed by atoms with Crippen LogP contribution in [-0.2, 0) is 14.3 Å². The Morgan fingerprint density at radius 2 is 1.86 bits per heavy atom. The number of carbonyl (C=O) groups excluding carboxylic acids is 1. The van der Waals surface area contributed by atoms with E-state index in [0.717, 1.165) is 18.4 Å². The molecule has 2 atom stereocenters. The number of esters is 1. The molecule has 0 aromatic heterocycles. The molecule has 1 aliphatic rings. The van der Waals surface area contributed by atoms with Gasteiger partial charge in [0.1, 0.15) is 0 Å². The summed E-state index contributed by atoms with van der Waals surface area (Å²) < 4.78 is 5.27. The molecule has 120 valence electrons. The third-order valence-electron chi connectivity index (χ3n) is 4.11. The van der Waals surface area contributed by atoms with Crippen molar-refractivity contribution in [3.8, 4) is 0 Å². The van der Waals surface area contributed by atoms with Crippen molar-refractivity contribution >= 4 is 11.9 Å².